The second-order valence-electron chi connectivity index (χ2n) is 5.19. The zero-order valence-electron chi connectivity index (χ0n) is 10.1. The lowest BCUT2D eigenvalue weighted by molar-refractivity contribution is 0.255. The number of para-hydroxylation sites is 1. The van der Waals surface area contributed by atoms with Gasteiger partial charge in [-0.25, -0.2) is 0 Å². The molecule has 2 atom stereocenters. The first kappa shape index (κ1) is 11.1. The molecule has 3 heteroatoms. The molecule has 0 amide bonds. The van der Waals surface area contributed by atoms with Crippen molar-refractivity contribution in [3.05, 3.63) is 29.8 Å². The molecule has 1 aromatic rings. The molecule has 17 heavy (non-hydrogen) atoms. The van der Waals surface area contributed by atoms with Gasteiger partial charge in [0.25, 0.3) is 0 Å². The highest BCUT2D eigenvalue weighted by Gasteiger charge is 2.36. The van der Waals surface area contributed by atoms with Crippen LogP contribution in [0.5, 0.6) is 5.75 Å². The molecule has 1 saturated carbocycles. The minimum Gasteiger partial charge on any atom is -0.493 e. The Balaban J connectivity index is 1.84. The molecule has 2 unspecified atom stereocenters. The highest BCUT2D eigenvalue weighted by molar-refractivity contribution is 5.40. The Morgan fingerprint density at radius 1 is 1.24 bits per heavy atom. The van der Waals surface area contributed by atoms with Crippen molar-refractivity contribution in [3.8, 4) is 5.75 Å². The molecule has 0 radical (unpaired) electrons. The monoisotopic (exact) mass is 232 g/mol. The van der Waals surface area contributed by atoms with Gasteiger partial charge in [-0.15, -0.1) is 0 Å². The van der Waals surface area contributed by atoms with Gasteiger partial charge >= 0.3 is 0 Å². The van der Waals surface area contributed by atoms with Crippen molar-refractivity contribution in [1.82, 2.24) is 5.43 Å². The fraction of sp³-hybridized carbons (Fsp3) is 0.571. The lowest BCUT2D eigenvalue weighted by Gasteiger charge is -2.27. The van der Waals surface area contributed by atoms with E-state index in [0.29, 0.717) is 17.9 Å². The number of nitrogens with one attached hydrogen (secondary N) is 1. The summed E-state index contributed by atoms with van der Waals surface area (Å²) in [6, 6.07) is 8.70. The molecule has 92 valence electrons. The van der Waals surface area contributed by atoms with Crippen LogP contribution in [0.1, 0.15) is 37.2 Å². The molecule has 0 aromatic heterocycles. The Hall–Kier alpha value is -1.06. The molecule has 0 saturated heterocycles. The van der Waals surface area contributed by atoms with E-state index in [0.717, 1.165) is 12.4 Å². The average Bonchev–Trinajstić information content (AvgIpc) is 3.01. The number of benzene rings is 1. The number of nitrogens with two attached hydrogens (primary N) is 1. The molecule has 1 heterocycles. The molecular formula is C14H20N2O. The minimum absolute atomic E-state index is 0.362. The molecule has 1 fully saturated rings. The van der Waals surface area contributed by atoms with Gasteiger partial charge in [-0.2, -0.15) is 0 Å². The number of fused-ring (bicyclic) bond motifs is 1. The zero-order chi connectivity index (χ0) is 11.7. The summed E-state index contributed by atoms with van der Waals surface area (Å²) in [5, 5.41) is 0. The summed E-state index contributed by atoms with van der Waals surface area (Å²) in [7, 11) is 0. The molecule has 1 aliphatic carbocycles. The predicted octanol–water partition coefficient (Wildman–Crippen LogP) is 2.18. The molecule has 0 bridgehead atoms. The Bertz CT molecular complexity index is 388. The van der Waals surface area contributed by atoms with E-state index in [2.05, 4.69) is 23.6 Å². The summed E-state index contributed by atoms with van der Waals surface area (Å²) in [5.74, 6) is 7.95. The molecule has 1 aliphatic heterocycles. The van der Waals surface area contributed by atoms with Gasteiger partial charge < -0.3 is 4.74 Å². The topological polar surface area (TPSA) is 47.3 Å². The number of hydrogen-bond donors (Lipinski definition) is 2. The van der Waals surface area contributed by atoms with Gasteiger partial charge in [-0.3, -0.25) is 11.3 Å². The molecule has 2 aliphatic rings. The largest absolute Gasteiger partial charge is 0.493 e. The predicted molar refractivity (Wildman–Crippen MR) is 67.7 cm³/mol. The summed E-state index contributed by atoms with van der Waals surface area (Å²) in [6.45, 7) is 0.769. The Morgan fingerprint density at radius 2 is 2.00 bits per heavy atom. The fourth-order valence-corrected chi connectivity index (χ4v) is 3.38. The average molecular weight is 232 g/mol. The summed E-state index contributed by atoms with van der Waals surface area (Å²) in [4.78, 5) is 0. The summed E-state index contributed by atoms with van der Waals surface area (Å²) in [5.41, 5.74) is 4.37. The quantitative estimate of drug-likeness (QED) is 0.620. The second-order valence-corrected chi connectivity index (χ2v) is 5.19. The van der Waals surface area contributed by atoms with Gasteiger partial charge in [0, 0.05) is 17.5 Å². The SMILES string of the molecule is NNC(C1CCCC1)C1COc2ccccc21. The molecule has 1 aromatic carbocycles. The summed E-state index contributed by atoms with van der Waals surface area (Å²) < 4.78 is 5.76. The van der Waals surface area contributed by atoms with E-state index in [9.17, 15) is 0 Å². The van der Waals surface area contributed by atoms with Crippen molar-refractivity contribution >= 4 is 0 Å². The van der Waals surface area contributed by atoms with Gasteiger partial charge in [0.05, 0.1) is 6.61 Å². The Labute approximate surface area is 102 Å². The van der Waals surface area contributed by atoms with Crippen molar-refractivity contribution in [1.29, 1.82) is 0 Å². The molecule has 0 spiro atoms. The van der Waals surface area contributed by atoms with E-state index in [1.165, 1.54) is 31.2 Å². The second kappa shape index (κ2) is 4.67. The van der Waals surface area contributed by atoms with Gasteiger partial charge in [0.2, 0.25) is 0 Å². The standard InChI is InChI=1S/C14H20N2O/c15-16-14(10-5-1-2-6-10)12-9-17-13-8-4-3-7-11(12)13/h3-4,7-8,10,12,14,16H,1-2,5-6,9,15H2. The first-order valence-corrected chi connectivity index (χ1v) is 6.58. The van der Waals surface area contributed by atoms with E-state index in [-0.39, 0.29) is 0 Å². The van der Waals surface area contributed by atoms with Crippen LogP contribution in [-0.2, 0) is 0 Å². The lowest BCUT2D eigenvalue weighted by Crippen LogP contribution is -2.45. The third-order valence-corrected chi connectivity index (χ3v) is 4.27. The lowest BCUT2D eigenvalue weighted by atomic mass is 9.84. The number of ether oxygens (including phenoxy) is 1. The molecule has 3 nitrogen and oxygen atoms in total. The minimum atomic E-state index is 0.362. The molecular weight excluding hydrogens is 212 g/mol. The van der Waals surface area contributed by atoms with Gasteiger partial charge in [0.1, 0.15) is 5.75 Å². The third kappa shape index (κ3) is 1.94. The first-order valence-electron chi connectivity index (χ1n) is 6.58. The van der Waals surface area contributed by atoms with Gasteiger partial charge in [-0.1, -0.05) is 31.0 Å². The van der Waals surface area contributed by atoms with E-state index in [1.54, 1.807) is 0 Å². The van der Waals surface area contributed by atoms with Crippen LogP contribution in [0.15, 0.2) is 24.3 Å². The third-order valence-electron chi connectivity index (χ3n) is 4.27. The molecule has 3 rings (SSSR count). The number of hydrogen-bond acceptors (Lipinski definition) is 3. The van der Waals surface area contributed by atoms with Gasteiger partial charge in [0.15, 0.2) is 0 Å². The fourth-order valence-electron chi connectivity index (χ4n) is 3.38. The smallest absolute Gasteiger partial charge is 0.122 e. The van der Waals surface area contributed by atoms with Crippen molar-refractivity contribution in [2.75, 3.05) is 6.61 Å². The summed E-state index contributed by atoms with van der Waals surface area (Å²) >= 11 is 0. The zero-order valence-corrected chi connectivity index (χ0v) is 10.1. The number of hydrazine groups is 1. The maximum absolute atomic E-state index is 5.78. The molecule has 3 N–H and O–H groups in total. The number of rotatable bonds is 3. The summed E-state index contributed by atoms with van der Waals surface area (Å²) in [6.07, 6.45) is 5.29. The van der Waals surface area contributed by atoms with Crippen LogP contribution in [0, 0.1) is 5.92 Å². The Kier molecular flexibility index (Phi) is 3.04. The maximum Gasteiger partial charge on any atom is 0.122 e. The van der Waals surface area contributed by atoms with Crippen LogP contribution in [0.25, 0.3) is 0 Å². The van der Waals surface area contributed by atoms with Crippen LogP contribution in [0.2, 0.25) is 0 Å². The first-order chi connectivity index (χ1) is 8.40. The van der Waals surface area contributed by atoms with Crippen LogP contribution < -0.4 is 16.0 Å². The van der Waals surface area contributed by atoms with Crippen LogP contribution in [0.4, 0.5) is 0 Å². The maximum atomic E-state index is 5.78. The van der Waals surface area contributed by atoms with Crippen molar-refractivity contribution in [3.63, 3.8) is 0 Å². The van der Waals surface area contributed by atoms with E-state index in [1.807, 2.05) is 6.07 Å². The van der Waals surface area contributed by atoms with E-state index in [4.69, 9.17) is 10.6 Å². The van der Waals surface area contributed by atoms with Crippen LogP contribution in [0.3, 0.4) is 0 Å². The van der Waals surface area contributed by atoms with Gasteiger partial charge in [-0.05, 0) is 24.8 Å². The Morgan fingerprint density at radius 3 is 2.76 bits per heavy atom. The highest BCUT2D eigenvalue weighted by atomic mass is 16.5. The van der Waals surface area contributed by atoms with Crippen molar-refractivity contribution in [2.24, 2.45) is 11.8 Å². The normalized spacial score (nSPS) is 25.6. The van der Waals surface area contributed by atoms with Crippen molar-refractivity contribution in [2.45, 2.75) is 37.6 Å². The van der Waals surface area contributed by atoms with Crippen molar-refractivity contribution < 1.29 is 4.74 Å². The van der Waals surface area contributed by atoms with Crippen LogP contribution >= 0.6 is 0 Å². The van der Waals surface area contributed by atoms with E-state index >= 15 is 0 Å². The highest BCUT2D eigenvalue weighted by Crippen LogP contribution is 2.40. The van der Waals surface area contributed by atoms with E-state index < -0.39 is 0 Å². The van der Waals surface area contributed by atoms with Crippen LogP contribution in [-0.4, -0.2) is 12.6 Å².